The third-order valence-electron chi connectivity index (χ3n) is 3.25. The van der Waals surface area contributed by atoms with Gasteiger partial charge < -0.3 is 5.11 Å². The molecule has 1 aliphatic rings. The summed E-state index contributed by atoms with van der Waals surface area (Å²) in [5.74, 6) is -2.10. The lowest BCUT2D eigenvalue weighted by Gasteiger charge is -2.23. The molecule has 20 heavy (non-hydrogen) atoms. The summed E-state index contributed by atoms with van der Waals surface area (Å²) in [5.41, 5.74) is 1.21. The second-order valence-electron chi connectivity index (χ2n) is 4.62. The van der Waals surface area contributed by atoms with Crippen molar-refractivity contribution in [3.05, 3.63) is 34.9 Å². The van der Waals surface area contributed by atoms with Gasteiger partial charge in [-0.2, -0.15) is 0 Å². The Kier molecular flexibility index (Phi) is 3.65. The number of ketones is 1. The summed E-state index contributed by atoms with van der Waals surface area (Å²) in [7, 11) is 1.40. The Balaban J connectivity index is 2.28. The van der Waals surface area contributed by atoms with E-state index in [0.29, 0.717) is 16.7 Å². The van der Waals surface area contributed by atoms with Crippen LogP contribution in [0.3, 0.4) is 0 Å². The van der Waals surface area contributed by atoms with Gasteiger partial charge in [-0.15, -0.1) is 0 Å². The van der Waals surface area contributed by atoms with Crippen molar-refractivity contribution in [1.29, 1.82) is 0 Å². The number of nitrogens with zero attached hydrogens (tertiary/aromatic N) is 1. The Hall–Kier alpha value is -2.50. The van der Waals surface area contributed by atoms with Crippen LogP contribution >= 0.6 is 0 Å². The highest BCUT2D eigenvalue weighted by atomic mass is 16.4. The average Bonchev–Trinajstić information content (AvgIpc) is 2.42. The molecule has 0 aromatic heterocycles. The summed E-state index contributed by atoms with van der Waals surface area (Å²) in [6.07, 6.45) is -0.236. The molecule has 6 nitrogen and oxygen atoms in total. The van der Waals surface area contributed by atoms with E-state index < -0.39 is 11.9 Å². The maximum Gasteiger partial charge on any atom is 0.303 e. The lowest BCUT2D eigenvalue weighted by molar-refractivity contribution is -0.137. The zero-order chi connectivity index (χ0) is 14.9. The van der Waals surface area contributed by atoms with Crippen molar-refractivity contribution in [3.8, 4) is 0 Å². The summed E-state index contributed by atoms with van der Waals surface area (Å²) in [6, 6.07) is 4.53. The second kappa shape index (κ2) is 5.24. The highest BCUT2D eigenvalue weighted by Crippen LogP contribution is 2.21. The van der Waals surface area contributed by atoms with E-state index in [0.717, 1.165) is 4.90 Å². The molecule has 0 radical (unpaired) electrons. The summed E-state index contributed by atoms with van der Waals surface area (Å²) in [4.78, 5) is 46.8. The first kappa shape index (κ1) is 13.9. The minimum atomic E-state index is -1.04. The molecule has 0 saturated carbocycles. The van der Waals surface area contributed by atoms with E-state index in [1.54, 1.807) is 6.07 Å². The lowest BCUT2D eigenvalue weighted by atomic mass is 9.94. The van der Waals surface area contributed by atoms with Crippen molar-refractivity contribution in [1.82, 2.24) is 4.90 Å². The number of amides is 2. The first-order chi connectivity index (χ1) is 9.40. The molecule has 0 spiro atoms. The molecule has 104 valence electrons. The van der Waals surface area contributed by atoms with Crippen molar-refractivity contribution < 1.29 is 24.3 Å². The highest BCUT2D eigenvalue weighted by Gasteiger charge is 2.28. The number of Topliss-reactive ketones (excluding diaryl/α,β-unsaturated/α-hetero) is 1. The molecular weight excluding hydrogens is 262 g/mol. The van der Waals surface area contributed by atoms with Crippen LogP contribution in [0.15, 0.2) is 18.2 Å². The normalized spacial score (nSPS) is 14.2. The molecule has 1 aliphatic heterocycles. The number of fused-ring (bicyclic) bond motifs is 1. The number of carbonyl (C=O) groups excluding carboxylic acids is 3. The van der Waals surface area contributed by atoms with E-state index in [9.17, 15) is 19.2 Å². The number of hydrogen-bond acceptors (Lipinski definition) is 4. The third kappa shape index (κ3) is 2.59. The Labute approximate surface area is 115 Å². The third-order valence-corrected chi connectivity index (χ3v) is 3.25. The van der Waals surface area contributed by atoms with Gasteiger partial charge in [-0.1, -0.05) is 12.1 Å². The minimum Gasteiger partial charge on any atom is -0.481 e. The van der Waals surface area contributed by atoms with E-state index in [1.807, 2.05) is 0 Å². The molecule has 1 N–H and O–H groups in total. The van der Waals surface area contributed by atoms with Crippen LogP contribution in [0, 0.1) is 0 Å². The van der Waals surface area contributed by atoms with Crippen LogP contribution in [0.2, 0.25) is 0 Å². The molecule has 1 heterocycles. The van der Waals surface area contributed by atoms with E-state index in [1.165, 1.54) is 19.2 Å². The molecule has 0 bridgehead atoms. The molecule has 6 heteroatoms. The molecule has 2 rings (SSSR count). The number of carboxylic acid groups (broad SMARTS) is 1. The predicted molar refractivity (Wildman–Crippen MR) is 68.4 cm³/mol. The van der Waals surface area contributed by atoms with Gasteiger partial charge in [-0.3, -0.25) is 24.1 Å². The number of likely N-dealkylation sites (N-methyl/N-ethyl adjacent to an activating group) is 1. The van der Waals surface area contributed by atoms with E-state index in [-0.39, 0.29) is 31.0 Å². The number of imide groups is 1. The maximum atomic E-state index is 12.0. The van der Waals surface area contributed by atoms with Crippen LogP contribution in [-0.2, 0) is 16.0 Å². The maximum absolute atomic E-state index is 12.0. The minimum absolute atomic E-state index is 0.114. The van der Waals surface area contributed by atoms with Gasteiger partial charge >= 0.3 is 5.97 Å². The monoisotopic (exact) mass is 275 g/mol. The molecule has 0 unspecified atom stereocenters. The SMILES string of the molecule is CN1C(=O)Cc2ccc(C(=O)CCC(=O)O)cc2C1=O. The number of aliphatic carboxylic acids is 1. The van der Waals surface area contributed by atoms with Crippen LogP contribution in [0.5, 0.6) is 0 Å². The largest absolute Gasteiger partial charge is 0.481 e. The Morgan fingerprint density at radius 1 is 1.25 bits per heavy atom. The lowest BCUT2D eigenvalue weighted by Crippen LogP contribution is -2.39. The molecule has 0 fully saturated rings. The van der Waals surface area contributed by atoms with Crippen molar-refractivity contribution in [2.45, 2.75) is 19.3 Å². The molecule has 1 aromatic carbocycles. The van der Waals surface area contributed by atoms with E-state index in [2.05, 4.69) is 0 Å². The predicted octanol–water partition coefficient (Wildman–Crippen LogP) is 0.889. The molecule has 0 saturated heterocycles. The van der Waals surface area contributed by atoms with Gasteiger partial charge in [-0.05, 0) is 11.6 Å². The van der Waals surface area contributed by atoms with Crippen molar-refractivity contribution >= 4 is 23.6 Å². The fraction of sp³-hybridized carbons (Fsp3) is 0.286. The smallest absolute Gasteiger partial charge is 0.303 e. The number of carboxylic acids is 1. The van der Waals surface area contributed by atoms with Crippen LogP contribution in [0.1, 0.15) is 39.1 Å². The van der Waals surface area contributed by atoms with Crippen LogP contribution in [-0.4, -0.2) is 40.6 Å². The summed E-state index contributed by atoms with van der Waals surface area (Å²) < 4.78 is 0. The molecular formula is C14H13NO5. The number of carbonyl (C=O) groups is 4. The topological polar surface area (TPSA) is 91.8 Å². The van der Waals surface area contributed by atoms with Crippen molar-refractivity contribution in [2.75, 3.05) is 7.05 Å². The van der Waals surface area contributed by atoms with Gasteiger partial charge in [0.1, 0.15) is 0 Å². The Bertz CT molecular complexity index is 620. The Morgan fingerprint density at radius 3 is 2.60 bits per heavy atom. The Morgan fingerprint density at radius 2 is 1.95 bits per heavy atom. The molecule has 1 aromatic rings. The van der Waals surface area contributed by atoms with Gasteiger partial charge in [0.05, 0.1) is 12.8 Å². The van der Waals surface area contributed by atoms with Gasteiger partial charge in [0.15, 0.2) is 5.78 Å². The van der Waals surface area contributed by atoms with Gasteiger partial charge in [0.25, 0.3) is 5.91 Å². The van der Waals surface area contributed by atoms with Crippen molar-refractivity contribution in [2.24, 2.45) is 0 Å². The number of hydrogen-bond donors (Lipinski definition) is 1. The zero-order valence-corrected chi connectivity index (χ0v) is 10.9. The fourth-order valence-electron chi connectivity index (χ4n) is 2.04. The van der Waals surface area contributed by atoms with Gasteiger partial charge in [-0.25, -0.2) is 0 Å². The van der Waals surface area contributed by atoms with Gasteiger partial charge in [0.2, 0.25) is 5.91 Å². The summed E-state index contributed by atoms with van der Waals surface area (Å²) in [5, 5.41) is 8.56. The summed E-state index contributed by atoms with van der Waals surface area (Å²) in [6.45, 7) is 0. The van der Waals surface area contributed by atoms with E-state index in [4.69, 9.17) is 5.11 Å². The first-order valence-electron chi connectivity index (χ1n) is 6.09. The molecule has 0 aliphatic carbocycles. The molecule has 0 atom stereocenters. The van der Waals surface area contributed by atoms with Crippen LogP contribution in [0.4, 0.5) is 0 Å². The molecule has 2 amide bonds. The zero-order valence-electron chi connectivity index (χ0n) is 10.9. The van der Waals surface area contributed by atoms with Crippen LogP contribution < -0.4 is 0 Å². The highest BCUT2D eigenvalue weighted by molar-refractivity contribution is 6.10. The average molecular weight is 275 g/mol. The number of benzene rings is 1. The second-order valence-corrected chi connectivity index (χ2v) is 4.62. The van der Waals surface area contributed by atoms with E-state index >= 15 is 0 Å². The quantitative estimate of drug-likeness (QED) is 0.650. The fourth-order valence-corrected chi connectivity index (χ4v) is 2.04. The number of rotatable bonds is 4. The standard InChI is InChI=1S/C14H13NO5/c1-15-12(17)7-8-2-3-9(6-10(8)14(15)20)11(16)4-5-13(18)19/h2-3,6H,4-5,7H2,1H3,(H,18,19). The first-order valence-corrected chi connectivity index (χ1v) is 6.09. The van der Waals surface area contributed by atoms with Gasteiger partial charge in [0, 0.05) is 24.6 Å². The van der Waals surface area contributed by atoms with Crippen molar-refractivity contribution in [3.63, 3.8) is 0 Å². The van der Waals surface area contributed by atoms with Crippen LogP contribution in [0.25, 0.3) is 0 Å². The summed E-state index contributed by atoms with van der Waals surface area (Å²) >= 11 is 0.